The Labute approximate surface area is 164 Å². The number of benzene rings is 3. The molecule has 3 aromatic rings. The summed E-state index contributed by atoms with van der Waals surface area (Å²) in [6, 6.07) is 20.5. The number of carbonyl (C=O) groups is 1. The van der Waals surface area contributed by atoms with E-state index < -0.39 is 10.0 Å². The van der Waals surface area contributed by atoms with Crippen LogP contribution in [-0.2, 0) is 14.8 Å². The summed E-state index contributed by atoms with van der Waals surface area (Å²) in [5, 5.41) is 7.62. The van der Waals surface area contributed by atoms with Gasteiger partial charge in [0.15, 0.2) is 0 Å². The number of sulfonamides is 1. The highest BCUT2D eigenvalue weighted by atomic mass is 32.2. The van der Waals surface area contributed by atoms with Crippen molar-refractivity contribution in [3.63, 3.8) is 0 Å². The molecule has 0 fully saturated rings. The van der Waals surface area contributed by atoms with E-state index in [9.17, 15) is 13.2 Å². The van der Waals surface area contributed by atoms with Crippen molar-refractivity contribution < 1.29 is 13.2 Å². The van der Waals surface area contributed by atoms with Gasteiger partial charge in [-0.05, 0) is 36.1 Å². The van der Waals surface area contributed by atoms with Crippen LogP contribution in [0.3, 0.4) is 0 Å². The van der Waals surface area contributed by atoms with Gasteiger partial charge in [-0.15, -0.1) is 0 Å². The molecule has 2 N–H and O–H groups in total. The number of hydrogen-bond acceptors (Lipinski definition) is 4. The number of hydrogen-bond donors (Lipinski definition) is 2. The Kier molecular flexibility index (Phi) is 4.92. The molecule has 1 amide bonds. The van der Waals surface area contributed by atoms with Crippen molar-refractivity contribution in [2.75, 3.05) is 29.3 Å². The standard InChI is InChI=1S/C21H21N3O3S/c25-20(23-14-6-13-22-17-9-2-1-3-10-17)15-24-18-11-4-7-16-8-5-12-19(21(16)18)28(24,26)27/h1-5,7-12,22H,6,13-15H2,(H,23,25). The minimum Gasteiger partial charge on any atom is -0.385 e. The average molecular weight is 395 g/mol. The van der Waals surface area contributed by atoms with Gasteiger partial charge in [-0.25, -0.2) is 8.42 Å². The number of nitrogens with zero attached hydrogens (tertiary/aromatic N) is 1. The smallest absolute Gasteiger partial charge is 0.265 e. The molecule has 0 radical (unpaired) electrons. The first-order valence-corrected chi connectivity index (χ1v) is 10.6. The first-order valence-electron chi connectivity index (χ1n) is 9.17. The van der Waals surface area contributed by atoms with E-state index >= 15 is 0 Å². The molecule has 0 saturated carbocycles. The zero-order valence-corrected chi connectivity index (χ0v) is 16.1. The Morgan fingerprint density at radius 2 is 1.64 bits per heavy atom. The maximum absolute atomic E-state index is 12.9. The number of carbonyl (C=O) groups excluding carboxylic acids is 1. The molecular formula is C21H21N3O3S. The summed E-state index contributed by atoms with van der Waals surface area (Å²) >= 11 is 0. The quantitative estimate of drug-likeness (QED) is 0.603. The van der Waals surface area contributed by atoms with Crippen LogP contribution in [0.4, 0.5) is 11.4 Å². The van der Waals surface area contributed by atoms with E-state index in [1.54, 1.807) is 18.2 Å². The topological polar surface area (TPSA) is 78.5 Å². The summed E-state index contributed by atoms with van der Waals surface area (Å²) in [6.07, 6.45) is 0.739. The van der Waals surface area contributed by atoms with Crippen LogP contribution >= 0.6 is 0 Å². The molecule has 28 heavy (non-hydrogen) atoms. The maximum atomic E-state index is 12.9. The Morgan fingerprint density at radius 3 is 2.43 bits per heavy atom. The minimum atomic E-state index is -3.70. The van der Waals surface area contributed by atoms with Gasteiger partial charge >= 0.3 is 0 Å². The van der Waals surface area contributed by atoms with Gasteiger partial charge in [0.2, 0.25) is 5.91 Å². The Bertz CT molecular complexity index is 1110. The summed E-state index contributed by atoms with van der Waals surface area (Å²) in [5.41, 5.74) is 1.59. The summed E-state index contributed by atoms with van der Waals surface area (Å²) in [5.74, 6) is -0.312. The van der Waals surface area contributed by atoms with Crippen LogP contribution in [0.5, 0.6) is 0 Å². The number of amides is 1. The van der Waals surface area contributed by atoms with Crippen LogP contribution < -0.4 is 14.9 Å². The lowest BCUT2D eigenvalue weighted by molar-refractivity contribution is -0.119. The molecule has 0 atom stereocenters. The van der Waals surface area contributed by atoms with E-state index in [0.29, 0.717) is 17.6 Å². The van der Waals surface area contributed by atoms with Crippen LogP contribution in [-0.4, -0.2) is 34.0 Å². The van der Waals surface area contributed by atoms with Crippen LogP contribution in [0.1, 0.15) is 6.42 Å². The third kappa shape index (κ3) is 3.41. The second-order valence-corrected chi connectivity index (χ2v) is 8.47. The lowest BCUT2D eigenvalue weighted by Gasteiger charge is -2.18. The van der Waals surface area contributed by atoms with Crippen LogP contribution in [0.2, 0.25) is 0 Å². The van der Waals surface area contributed by atoms with Gasteiger partial charge in [0, 0.05) is 24.2 Å². The molecule has 0 unspecified atom stereocenters. The van der Waals surface area contributed by atoms with Crippen molar-refractivity contribution in [3.8, 4) is 0 Å². The first-order chi connectivity index (χ1) is 13.6. The van der Waals surface area contributed by atoms with Gasteiger partial charge in [0.1, 0.15) is 6.54 Å². The van der Waals surface area contributed by atoms with Gasteiger partial charge in [-0.1, -0.05) is 42.5 Å². The molecule has 1 aliphatic rings. The summed E-state index contributed by atoms with van der Waals surface area (Å²) in [4.78, 5) is 12.6. The summed E-state index contributed by atoms with van der Waals surface area (Å²) < 4.78 is 26.9. The van der Waals surface area contributed by atoms with E-state index in [4.69, 9.17) is 0 Å². The van der Waals surface area contributed by atoms with E-state index in [0.717, 1.165) is 24.0 Å². The zero-order chi connectivity index (χ0) is 19.6. The zero-order valence-electron chi connectivity index (χ0n) is 15.3. The molecule has 0 saturated heterocycles. The molecule has 7 heteroatoms. The average Bonchev–Trinajstić information content (AvgIpc) is 2.92. The molecule has 144 valence electrons. The largest absolute Gasteiger partial charge is 0.385 e. The predicted molar refractivity (Wildman–Crippen MR) is 111 cm³/mol. The van der Waals surface area contributed by atoms with Crippen LogP contribution in [0, 0.1) is 0 Å². The Balaban J connectivity index is 1.36. The summed E-state index contributed by atoms with van der Waals surface area (Å²) in [7, 11) is -3.70. The van der Waals surface area contributed by atoms with Crippen molar-refractivity contribution in [2.24, 2.45) is 0 Å². The van der Waals surface area contributed by atoms with E-state index in [-0.39, 0.29) is 17.3 Å². The fraction of sp³-hybridized carbons (Fsp3) is 0.190. The van der Waals surface area contributed by atoms with Gasteiger partial charge in [0.05, 0.1) is 10.6 Å². The number of nitrogens with one attached hydrogen (secondary N) is 2. The third-order valence-electron chi connectivity index (χ3n) is 4.75. The van der Waals surface area contributed by atoms with Crippen molar-refractivity contribution in [2.45, 2.75) is 11.3 Å². The highest BCUT2D eigenvalue weighted by molar-refractivity contribution is 7.93. The molecule has 1 heterocycles. The van der Waals surface area contributed by atoms with Crippen LogP contribution in [0.15, 0.2) is 71.6 Å². The predicted octanol–water partition coefficient (Wildman–Crippen LogP) is 2.97. The normalized spacial score (nSPS) is 14.2. The molecule has 0 aliphatic carbocycles. The molecule has 4 rings (SSSR count). The molecule has 0 aromatic heterocycles. The van der Waals surface area contributed by atoms with Crippen molar-refractivity contribution >= 4 is 38.1 Å². The highest BCUT2D eigenvalue weighted by Gasteiger charge is 2.36. The highest BCUT2D eigenvalue weighted by Crippen LogP contribution is 2.41. The van der Waals surface area contributed by atoms with Crippen molar-refractivity contribution in [1.82, 2.24) is 5.32 Å². The lowest BCUT2D eigenvalue weighted by Crippen LogP contribution is -2.39. The fourth-order valence-corrected chi connectivity index (χ4v) is 5.09. The molecule has 0 spiro atoms. The minimum absolute atomic E-state index is 0.220. The number of para-hydroxylation sites is 1. The molecule has 1 aliphatic heterocycles. The van der Waals surface area contributed by atoms with E-state index in [1.807, 2.05) is 48.5 Å². The van der Waals surface area contributed by atoms with Gasteiger partial charge in [0.25, 0.3) is 10.0 Å². The van der Waals surface area contributed by atoms with Crippen molar-refractivity contribution in [1.29, 1.82) is 0 Å². The Morgan fingerprint density at radius 1 is 0.893 bits per heavy atom. The van der Waals surface area contributed by atoms with Gasteiger partial charge < -0.3 is 10.6 Å². The van der Waals surface area contributed by atoms with Crippen LogP contribution in [0.25, 0.3) is 10.8 Å². The second kappa shape index (κ2) is 7.52. The molecule has 3 aromatic carbocycles. The lowest BCUT2D eigenvalue weighted by atomic mass is 10.1. The number of rotatable bonds is 7. The van der Waals surface area contributed by atoms with E-state index in [1.165, 1.54) is 4.31 Å². The molecular weight excluding hydrogens is 374 g/mol. The summed E-state index contributed by atoms with van der Waals surface area (Å²) in [6.45, 7) is 0.975. The monoisotopic (exact) mass is 395 g/mol. The molecule has 6 nitrogen and oxygen atoms in total. The van der Waals surface area contributed by atoms with E-state index in [2.05, 4.69) is 10.6 Å². The SMILES string of the molecule is O=C(CN1c2cccc3cccc(c23)S1(=O)=O)NCCCNc1ccccc1. The number of anilines is 2. The second-order valence-electron chi connectivity index (χ2n) is 6.64. The Hall–Kier alpha value is -3.06. The fourth-order valence-electron chi connectivity index (χ4n) is 3.42. The third-order valence-corrected chi connectivity index (χ3v) is 6.55. The van der Waals surface area contributed by atoms with Gasteiger partial charge in [-0.3, -0.25) is 9.10 Å². The van der Waals surface area contributed by atoms with Gasteiger partial charge in [-0.2, -0.15) is 0 Å². The maximum Gasteiger partial charge on any atom is 0.265 e. The molecule has 0 bridgehead atoms. The van der Waals surface area contributed by atoms with Crippen molar-refractivity contribution in [3.05, 3.63) is 66.7 Å². The first kappa shape index (κ1) is 18.3.